The summed E-state index contributed by atoms with van der Waals surface area (Å²) in [7, 11) is 1.68. The molecule has 1 aliphatic heterocycles. The molecule has 0 atom stereocenters. The van der Waals surface area contributed by atoms with Crippen molar-refractivity contribution in [3.05, 3.63) is 28.8 Å². The van der Waals surface area contributed by atoms with E-state index in [9.17, 15) is 9.59 Å². The predicted octanol–water partition coefficient (Wildman–Crippen LogP) is 2.23. The van der Waals surface area contributed by atoms with E-state index >= 15 is 0 Å². The van der Waals surface area contributed by atoms with Crippen LogP contribution in [0, 0.1) is 19.8 Å². The van der Waals surface area contributed by atoms with E-state index in [4.69, 9.17) is 4.74 Å². The fraction of sp³-hybridized carbons (Fsp3) is 0.579. The quantitative estimate of drug-likeness (QED) is 0.899. The van der Waals surface area contributed by atoms with Crippen LogP contribution in [0.15, 0.2) is 12.1 Å². The molecule has 0 unspecified atom stereocenters. The number of aryl methyl sites for hydroxylation is 2. The maximum Gasteiger partial charge on any atom is 0.223 e. The van der Waals surface area contributed by atoms with Crippen LogP contribution < -0.4 is 10.1 Å². The van der Waals surface area contributed by atoms with Gasteiger partial charge in [-0.25, -0.2) is 0 Å². The second-order valence-corrected chi connectivity index (χ2v) is 6.58. The number of amides is 2. The summed E-state index contributed by atoms with van der Waals surface area (Å²) in [5, 5.41) is 3.04. The van der Waals surface area contributed by atoms with E-state index in [0.717, 1.165) is 30.6 Å². The average Bonchev–Trinajstić information content (AvgIpc) is 2.56. The van der Waals surface area contributed by atoms with Gasteiger partial charge in [-0.3, -0.25) is 9.59 Å². The van der Waals surface area contributed by atoms with Gasteiger partial charge in [0, 0.05) is 32.5 Å². The molecule has 0 aromatic heterocycles. The fourth-order valence-corrected chi connectivity index (χ4v) is 3.37. The number of methoxy groups -OCH3 is 1. The lowest BCUT2D eigenvalue weighted by Crippen LogP contribution is -2.42. The number of hydrogen-bond donors (Lipinski definition) is 1. The second-order valence-electron chi connectivity index (χ2n) is 6.58. The van der Waals surface area contributed by atoms with E-state index in [-0.39, 0.29) is 17.7 Å². The van der Waals surface area contributed by atoms with Crippen molar-refractivity contribution in [2.45, 2.75) is 40.0 Å². The summed E-state index contributed by atoms with van der Waals surface area (Å²) in [5.74, 6) is 1.09. The molecule has 0 spiro atoms. The Morgan fingerprint density at radius 1 is 1.25 bits per heavy atom. The number of hydrogen-bond acceptors (Lipinski definition) is 3. The largest absolute Gasteiger partial charge is 0.496 e. The monoisotopic (exact) mass is 332 g/mol. The molecular weight excluding hydrogens is 304 g/mol. The van der Waals surface area contributed by atoms with E-state index < -0.39 is 0 Å². The Balaban J connectivity index is 1.84. The van der Waals surface area contributed by atoms with Crippen LogP contribution in [0.3, 0.4) is 0 Å². The molecule has 5 heteroatoms. The maximum atomic E-state index is 12.3. The van der Waals surface area contributed by atoms with E-state index in [1.807, 2.05) is 11.0 Å². The summed E-state index contributed by atoms with van der Waals surface area (Å²) in [4.78, 5) is 25.5. The number of ether oxygens (including phenoxy) is 1. The third kappa shape index (κ3) is 4.49. The van der Waals surface area contributed by atoms with E-state index in [0.29, 0.717) is 19.6 Å². The van der Waals surface area contributed by atoms with Crippen molar-refractivity contribution in [3.63, 3.8) is 0 Å². The minimum absolute atomic E-state index is 0.0154. The first-order chi connectivity index (χ1) is 11.4. The number of nitrogens with zero attached hydrogens (tertiary/aromatic N) is 1. The van der Waals surface area contributed by atoms with Gasteiger partial charge < -0.3 is 15.0 Å². The first kappa shape index (κ1) is 18.3. The van der Waals surface area contributed by atoms with Crippen LogP contribution in [0.4, 0.5) is 0 Å². The highest BCUT2D eigenvalue weighted by Gasteiger charge is 2.25. The molecule has 1 N–H and O–H groups in total. The van der Waals surface area contributed by atoms with Crippen molar-refractivity contribution >= 4 is 11.8 Å². The highest BCUT2D eigenvalue weighted by Crippen LogP contribution is 2.24. The molecule has 1 heterocycles. The molecule has 1 saturated heterocycles. The number of nitrogens with one attached hydrogen (secondary N) is 1. The third-order valence-electron chi connectivity index (χ3n) is 4.78. The number of carbonyl (C=O) groups excluding carboxylic acids is 2. The summed E-state index contributed by atoms with van der Waals surface area (Å²) in [6.45, 7) is 7.67. The molecule has 0 radical (unpaired) electrons. The molecule has 1 aliphatic rings. The lowest BCUT2D eigenvalue weighted by molar-refractivity contribution is -0.133. The lowest BCUT2D eigenvalue weighted by atomic mass is 9.95. The van der Waals surface area contributed by atoms with Crippen LogP contribution >= 0.6 is 0 Å². The number of carbonyl (C=O) groups is 2. The van der Waals surface area contributed by atoms with Crippen LogP contribution in [-0.4, -0.2) is 43.5 Å². The molecular formula is C19H28N2O3. The van der Waals surface area contributed by atoms with Gasteiger partial charge in [-0.05, 0) is 55.9 Å². The molecule has 0 saturated carbocycles. The minimum Gasteiger partial charge on any atom is -0.496 e. The highest BCUT2D eigenvalue weighted by molar-refractivity contribution is 5.79. The first-order valence-electron chi connectivity index (χ1n) is 8.59. The minimum atomic E-state index is 0.0154. The van der Waals surface area contributed by atoms with Gasteiger partial charge in [-0.15, -0.1) is 0 Å². The van der Waals surface area contributed by atoms with Crippen LogP contribution in [0.2, 0.25) is 0 Å². The zero-order valence-corrected chi connectivity index (χ0v) is 15.1. The van der Waals surface area contributed by atoms with E-state index in [1.165, 1.54) is 11.1 Å². The van der Waals surface area contributed by atoms with Gasteiger partial charge in [0.1, 0.15) is 5.75 Å². The molecule has 0 bridgehead atoms. The summed E-state index contributed by atoms with van der Waals surface area (Å²) in [6, 6.07) is 4.17. The Morgan fingerprint density at radius 3 is 2.50 bits per heavy atom. The Labute approximate surface area is 144 Å². The van der Waals surface area contributed by atoms with Gasteiger partial charge in [-0.1, -0.05) is 6.07 Å². The van der Waals surface area contributed by atoms with Crippen molar-refractivity contribution < 1.29 is 14.3 Å². The van der Waals surface area contributed by atoms with Crippen molar-refractivity contribution in [1.29, 1.82) is 0 Å². The Morgan fingerprint density at radius 2 is 1.92 bits per heavy atom. The molecule has 5 nitrogen and oxygen atoms in total. The number of piperidine rings is 1. The summed E-state index contributed by atoms with van der Waals surface area (Å²) in [6.07, 6.45) is 2.25. The van der Waals surface area contributed by atoms with Crippen LogP contribution in [0.25, 0.3) is 0 Å². The third-order valence-corrected chi connectivity index (χ3v) is 4.78. The Kier molecular flexibility index (Phi) is 6.23. The zero-order chi connectivity index (χ0) is 17.7. The summed E-state index contributed by atoms with van der Waals surface area (Å²) < 4.78 is 5.46. The van der Waals surface area contributed by atoms with E-state index in [1.54, 1.807) is 14.0 Å². The summed E-state index contributed by atoms with van der Waals surface area (Å²) >= 11 is 0. The number of benzene rings is 1. The standard InChI is InChI=1S/C19H28N2O3/c1-13-11-14(2)17(18(12-13)24-4)5-8-20-19(23)16-6-9-21(10-7-16)15(3)22/h11-12,16H,5-10H2,1-4H3,(H,20,23). The molecule has 1 aromatic carbocycles. The molecule has 132 valence electrons. The fourth-order valence-electron chi connectivity index (χ4n) is 3.37. The number of likely N-dealkylation sites (tertiary alicyclic amines) is 1. The van der Waals surface area contributed by atoms with Crippen molar-refractivity contribution in [3.8, 4) is 5.75 Å². The van der Waals surface area contributed by atoms with Crippen LogP contribution in [0.1, 0.15) is 36.5 Å². The molecule has 0 aliphatic carbocycles. The molecule has 1 fully saturated rings. The molecule has 2 rings (SSSR count). The Bertz CT molecular complexity index is 605. The van der Waals surface area contributed by atoms with Crippen molar-refractivity contribution in [2.24, 2.45) is 5.92 Å². The van der Waals surface area contributed by atoms with Gasteiger partial charge in [-0.2, -0.15) is 0 Å². The molecule has 24 heavy (non-hydrogen) atoms. The van der Waals surface area contributed by atoms with Gasteiger partial charge in [0.05, 0.1) is 7.11 Å². The number of rotatable bonds is 5. The summed E-state index contributed by atoms with van der Waals surface area (Å²) in [5.41, 5.74) is 3.51. The average molecular weight is 332 g/mol. The van der Waals surface area contributed by atoms with Gasteiger partial charge in [0.2, 0.25) is 11.8 Å². The van der Waals surface area contributed by atoms with E-state index in [2.05, 4.69) is 25.2 Å². The molecule has 1 aromatic rings. The van der Waals surface area contributed by atoms with Gasteiger partial charge in [0.25, 0.3) is 0 Å². The van der Waals surface area contributed by atoms with Crippen molar-refractivity contribution in [1.82, 2.24) is 10.2 Å². The maximum absolute atomic E-state index is 12.3. The van der Waals surface area contributed by atoms with Crippen molar-refractivity contribution in [2.75, 3.05) is 26.7 Å². The van der Waals surface area contributed by atoms with Crippen LogP contribution in [-0.2, 0) is 16.0 Å². The lowest BCUT2D eigenvalue weighted by Gasteiger charge is -2.30. The topological polar surface area (TPSA) is 58.6 Å². The second kappa shape index (κ2) is 8.18. The predicted molar refractivity (Wildman–Crippen MR) is 94.2 cm³/mol. The van der Waals surface area contributed by atoms with Crippen LogP contribution in [0.5, 0.6) is 5.75 Å². The SMILES string of the molecule is COc1cc(C)cc(C)c1CCNC(=O)C1CCN(C(C)=O)CC1. The smallest absolute Gasteiger partial charge is 0.223 e. The highest BCUT2D eigenvalue weighted by atomic mass is 16.5. The van der Waals surface area contributed by atoms with Gasteiger partial charge >= 0.3 is 0 Å². The normalized spacial score (nSPS) is 15.2. The zero-order valence-electron chi connectivity index (χ0n) is 15.1. The van der Waals surface area contributed by atoms with Gasteiger partial charge in [0.15, 0.2) is 0 Å². The first-order valence-corrected chi connectivity index (χ1v) is 8.59. The Hall–Kier alpha value is -2.04. The molecule has 2 amide bonds.